The van der Waals surface area contributed by atoms with Crippen molar-refractivity contribution < 1.29 is 9.59 Å². The summed E-state index contributed by atoms with van der Waals surface area (Å²) in [4.78, 5) is 27.1. The Morgan fingerprint density at radius 1 is 1.14 bits per heavy atom. The average molecular weight is 526 g/mol. The normalized spacial score (nSPS) is 20.4. The lowest BCUT2D eigenvalue weighted by molar-refractivity contribution is -0.123. The standard InChI is InChI=1S/C21H22Br2N2O2S/c22-20-18-15(11-16(26)19(18)21(23)28-20)24-17(27)12-25-8-6-14(7-9-25)10-13-4-2-1-3-5-13/h1-5,14-15H,6-12H2,(H,24,27). The Balaban J connectivity index is 1.27. The van der Waals surface area contributed by atoms with Crippen LogP contribution in [0.3, 0.4) is 0 Å². The minimum atomic E-state index is -0.220. The maximum absolute atomic E-state index is 12.6. The van der Waals surface area contributed by atoms with Gasteiger partial charge in [-0.15, -0.1) is 11.3 Å². The van der Waals surface area contributed by atoms with Gasteiger partial charge in [-0.1, -0.05) is 30.3 Å². The van der Waals surface area contributed by atoms with E-state index in [2.05, 4.69) is 72.4 Å². The molecule has 2 aromatic rings. The van der Waals surface area contributed by atoms with Gasteiger partial charge in [-0.2, -0.15) is 0 Å². The summed E-state index contributed by atoms with van der Waals surface area (Å²) in [6.45, 7) is 2.31. The fraction of sp³-hybridized carbons (Fsp3) is 0.429. The average Bonchev–Trinajstić information content (AvgIpc) is 3.15. The first-order valence-electron chi connectivity index (χ1n) is 9.57. The topological polar surface area (TPSA) is 49.4 Å². The summed E-state index contributed by atoms with van der Waals surface area (Å²) in [7, 11) is 0. The van der Waals surface area contributed by atoms with Crippen LogP contribution in [0.1, 0.15) is 46.8 Å². The summed E-state index contributed by atoms with van der Waals surface area (Å²) >= 11 is 8.48. The molecule has 1 fully saturated rings. The number of benzene rings is 1. The zero-order chi connectivity index (χ0) is 19.7. The number of carbonyl (C=O) groups is 2. The summed E-state index contributed by atoms with van der Waals surface area (Å²) in [6.07, 6.45) is 3.71. The molecule has 148 valence electrons. The molecule has 1 aromatic heterocycles. The van der Waals surface area contributed by atoms with E-state index in [1.54, 1.807) is 0 Å². The van der Waals surface area contributed by atoms with Crippen LogP contribution >= 0.6 is 43.2 Å². The largest absolute Gasteiger partial charge is 0.348 e. The van der Waals surface area contributed by atoms with Gasteiger partial charge in [0.2, 0.25) is 5.91 Å². The van der Waals surface area contributed by atoms with Crippen LogP contribution in [0.15, 0.2) is 37.9 Å². The molecule has 1 aliphatic carbocycles. The minimum absolute atomic E-state index is 0.00128. The van der Waals surface area contributed by atoms with Gasteiger partial charge in [0, 0.05) is 17.5 Å². The molecule has 0 bridgehead atoms. The Kier molecular flexibility index (Phi) is 6.35. The van der Waals surface area contributed by atoms with E-state index in [0.29, 0.717) is 18.9 Å². The number of piperidine rings is 1. The molecule has 2 aliphatic rings. The molecule has 28 heavy (non-hydrogen) atoms. The predicted molar refractivity (Wildman–Crippen MR) is 119 cm³/mol. The number of hydrogen-bond acceptors (Lipinski definition) is 4. The van der Waals surface area contributed by atoms with Crippen LogP contribution in [0.25, 0.3) is 0 Å². The van der Waals surface area contributed by atoms with E-state index in [1.165, 1.54) is 16.9 Å². The summed E-state index contributed by atoms with van der Waals surface area (Å²) in [5.41, 5.74) is 3.05. The van der Waals surface area contributed by atoms with Crippen molar-refractivity contribution in [2.75, 3.05) is 19.6 Å². The van der Waals surface area contributed by atoms with E-state index in [0.717, 1.165) is 51.1 Å². The predicted octanol–water partition coefficient (Wildman–Crippen LogP) is 4.97. The fourth-order valence-electron chi connectivity index (χ4n) is 4.21. The van der Waals surface area contributed by atoms with Crippen LogP contribution in [0, 0.1) is 5.92 Å². The van der Waals surface area contributed by atoms with E-state index in [-0.39, 0.29) is 17.7 Å². The molecule has 4 rings (SSSR count). The van der Waals surface area contributed by atoms with Crippen LogP contribution in [-0.4, -0.2) is 36.2 Å². The third-order valence-electron chi connectivity index (χ3n) is 5.65. The Hall–Kier alpha value is -1.02. The van der Waals surface area contributed by atoms with Crippen LogP contribution in [0.2, 0.25) is 0 Å². The van der Waals surface area contributed by atoms with Gasteiger partial charge in [-0.3, -0.25) is 14.5 Å². The molecule has 7 heteroatoms. The zero-order valence-electron chi connectivity index (χ0n) is 15.4. The van der Waals surface area contributed by atoms with Gasteiger partial charge in [0.15, 0.2) is 5.78 Å². The molecule has 0 saturated carbocycles. The number of hydrogen-bond donors (Lipinski definition) is 1. The number of halogens is 2. The highest BCUT2D eigenvalue weighted by atomic mass is 79.9. The van der Waals surface area contributed by atoms with Crippen LogP contribution < -0.4 is 5.32 Å². The van der Waals surface area contributed by atoms with Crippen molar-refractivity contribution in [1.29, 1.82) is 0 Å². The minimum Gasteiger partial charge on any atom is -0.348 e. The molecule has 1 aromatic carbocycles. The second-order valence-electron chi connectivity index (χ2n) is 7.59. The first-order chi connectivity index (χ1) is 13.5. The summed E-state index contributed by atoms with van der Waals surface area (Å²) in [6, 6.07) is 10.4. The van der Waals surface area contributed by atoms with Crippen LogP contribution in [0.4, 0.5) is 0 Å². The van der Waals surface area contributed by atoms with Crippen molar-refractivity contribution in [2.45, 2.75) is 31.7 Å². The van der Waals surface area contributed by atoms with Gasteiger partial charge in [-0.25, -0.2) is 0 Å². The Morgan fingerprint density at radius 3 is 2.57 bits per heavy atom. The number of ketones is 1. The summed E-state index contributed by atoms with van der Waals surface area (Å²) < 4.78 is 1.77. The zero-order valence-corrected chi connectivity index (χ0v) is 19.4. The van der Waals surface area contributed by atoms with Gasteiger partial charge < -0.3 is 5.32 Å². The Labute approximate surface area is 185 Å². The van der Waals surface area contributed by atoms with Crippen LogP contribution in [-0.2, 0) is 11.2 Å². The molecule has 1 amide bonds. The number of Topliss-reactive ketones (excluding diaryl/α,β-unsaturated/α-hetero) is 1. The summed E-state index contributed by atoms with van der Waals surface area (Å²) in [5, 5.41) is 3.07. The molecule has 4 nitrogen and oxygen atoms in total. The van der Waals surface area contributed by atoms with Crippen LogP contribution in [0.5, 0.6) is 0 Å². The maximum atomic E-state index is 12.6. The number of nitrogens with zero attached hydrogens (tertiary/aromatic N) is 1. The highest BCUT2D eigenvalue weighted by molar-refractivity contribution is 9.12. The quantitative estimate of drug-likeness (QED) is 0.599. The molecule has 1 N–H and O–H groups in total. The number of nitrogens with one attached hydrogen (secondary N) is 1. The lowest BCUT2D eigenvalue weighted by Gasteiger charge is -2.31. The second-order valence-corrected chi connectivity index (χ2v) is 11.3. The van der Waals surface area contributed by atoms with E-state index in [4.69, 9.17) is 0 Å². The molecule has 0 spiro atoms. The van der Waals surface area contributed by atoms with Gasteiger partial charge in [0.1, 0.15) is 0 Å². The van der Waals surface area contributed by atoms with Gasteiger partial charge in [0.25, 0.3) is 0 Å². The van der Waals surface area contributed by atoms with Gasteiger partial charge in [0.05, 0.1) is 20.2 Å². The van der Waals surface area contributed by atoms with Crippen molar-refractivity contribution in [3.05, 3.63) is 54.6 Å². The number of thiophene rings is 1. The van der Waals surface area contributed by atoms with Crippen molar-refractivity contribution in [1.82, 2.24) is 10.2 Å². The van der Waals surface area contributed by atoms with Crippen molar-refractivity contribution >= 4 is 54.9 Å². The Morgan fingerprint density at radius 2 is 1.86 bits per heavy atom. The number of amides is 1. The first kappa shape index (κ1) is 20.3. The van der Waals surface area contributed by atoms with Gasteiger partial charge >= 0.3 is 0 Å². The molecule has 1 atom stereocenters. The molecule has 2 heterocycles. The first-order valence-corrected chi connectivity index (χ1v) is 12.0. The third kappa shape index (κ3) is 4.42. The number of fused-ring (bicyclic) bond motifs is 1. The summed E-state index contributed by atoms with van der Waals surface area (Å²) in [5.74, 6) is 0.785. The van der Waals surface area contributed by atoms with E-state index < -0.39 is 0 Å². The van der Waals surface area contributed by atoms with Crippen molar-refractivity contribution in [3.63, 3.8) is 0 Å². The van der Waals surface area contributed by atoms with E-state index in [1.807, 2.05) is 0 Å². The van der Waals surface area contributed by atoms with E-state index in [9.17, 15) is 9.59 Å². The molecule has 0 radical (unpaired) electrons. The van der Waals surface area contributed by atoms with Gasteiger partial charge in [-0.05, 0) is 75.7 Å². The SMILES string of the molecule is O=C(CN1CCC(Cc2ccccc2)CC1)NC1CC(=O)c2c(Br)sc(Br)c21. The molecular weight excluding hydrogens is 504 g/mol. The maximum Gasteiger partial charge on any atom is 0.234 e. The highest BCUT2D eigenvalue weighted by Crippen LogP contribution is 2.46. The second kappa shape index (κ2) is 8.78. The third-order valence-corrected chi connectivity index (χ3v) is 8.23. The smallest absolute Gasteiger partial charge is 0.234 e. The molecule has 1 aliphatic heterocycles. The highest BCUT2D eigenvalue weighted by Gasteiger charge is 2.36. The molecule has 1 saturated heterocycles. The lowest BCUT2D eigenvalue weighted by Crippen LogP contribution is -2.42. The number of rotatable bonds is 5. The van der Waals surface area contributed by atoms with E-state index >= 15 is 0 Å². The molecular formula is C21H22Br2N2O2S. The number of carbonyl (C=O) groups excluding carboxylic acids is 2. The molecule has 1 unspecified atom stereocenters. The van der Waals surface area contributed by atoms with Crippen molar-refractivity contribution in [2.24, 2.45) is 5.92 Å². The lowest BCUT2D eigenvalue weighted by atomic mass is 9.90. The fourth-order valence-corrected chi connectivity index (χ4v) is 7.58. The number of likely N-dealkylation sites (tertiary alicyclic amines) is 1. The Bertz CT molecular complexity index is 876. The monoisotopic (exact) mass is 524 g/mol. The van der Waals surface area contributed by atoms with Crippen molar-refractivity contribution in [3.8, 4) is 0 Å².